The number of ether oxygens (including phenoxy) is 1. The average Bonchev–Trinajstić information content (AvgIpc) is 2.84. The predicted octanol–water partition coefficient (Wildman–Crippen LogP) is 5.61. The third-order valence-corrected chi connectivity index (χ3v) is 7.45. The molecule has 2 aliphatic rings. The van der Waals surface area contributed by atoms with E-state index in [1.54, 1.807) is 23.5 Å². The lowest BCUT2D eigenvalue weighted by molar-refractivity contribution is 0.239. The molecule has 1 atom stereocenters. The summed E-state index contributed by atoms with van der Waals surface area (Å²) < 4.78 is 6.12. The van der Waals surface area contributed by atoms with Gasteiger partial charge in [0, 0.05) is 28.5 Å². The van der Waals surface area contributed by atoms with Gasteiger partial charge in [0.2, 0.25) is 5.88 Å². The largest absolute Gasteiger partial charge is 0.440 e. The van der Waals surface area contributed by atoms with Crippen LogP contribution in [0, 0.1) is 11.3 Å². The van der Waals surface area contributed by atoms with Gasteiger partial charge in [0.05, 0.1) is 5.92 Å². The molecule has 6 heteroatoms. The predicted molar refractivity (Wildman–Crippen MR) is 134 cm³/mol. The first-order valence-electron chi connectivity index (χ1n) is 10.6. The van der Waals surface area contributed by atoms with Gasteiger partial charge in [-0.25, -0.2) is 0 Å². The van der Waals surface area contributed by atoms with Gasteiger partial charge in [-0.3, -0.25) is 4.90 Å². The van der Waals surface area contributed by atoms with E-state index in [1.807, 2.05) is 0 Å². The number of allylic oxidation sites excluding steroid dienone is 1. The number of hydrogen-bond acceptors (Lipinski definition) is 6. The fourth-order valence-electron chi connectivity index (χ4n) is 4.24. The number of rotatable bonds is 5. The molecule has 2 aromatic rings. The highest BCUT2D eigenvalue weighted by atomic mass is 32.2. The van der Waals surface area contributed by atoms with Crippen molar-refractivity contribution < 1.29 is 4.74 Å². The van der Waals surface area contributed by atoms with Crippen LogP contribution in [-0.4, -0.2) is 37.0 Å². The molecule has 164 valence electrons. The first-order chi connectivity index (χ1) is 15.6. The molecule has 1 unspecified atom stereocenters. The van der Waals surface area contributed by atoms with E-state index >= 15 is 0 Å². The van der Waals surface area contributed by atoms with E-state index in [4.69, 9.17) is 10.5 Å². The van der Waals surface area contributed by atoms with Gasteiger partial charge in [-0.2, -0.15) is 5.26 Å². The summed E-state index contributed by atoms with van der Waals surface area (Å²) in [6.45, 7) is 4.62. The molecule has 0 radical (unpaired) electrons. The van der Waals surface area contributed by atoms with Crippen molar-refractivity contribution in [3.8, 4) is 6.07 Å². The van der Waals surface area contributed by atoms with Crippen molar-refractivity contribution in [2.75, 3.05) is 32.1 Å². The second kappa shape index (κ2) is 9.91. The first kappa shape index (κ1) is 22.6. The summed E-state index contributed by atoms with van der Waals surface area (Å²) in [5.41, 5.74) is 11.2. The highest BCUT2D eigenvalue weighted by molar-refractivity contribution is 7.98. The van der Waals surface area contributed by atoms with Crippen molar-refractivity contribution in [3.63, 3.8) is 0 Å². The van der Waals surface area contributed by atoms with E-state index in [-0.39, 0.29) is 11.8 Å². The van der Waals surface area contributed by atoms with Crippen molar-refractivity contribution >= 4 is 29.6 Å². The Balaban J connectivity index is 1.82. The Morgan fingerprint density at radius 1 is 1.06 bits per heavy atom. The van der Waals surface area contributed by atoms with Gasteiger partial charge in [-0.05, 0) is 66.1 Å². The van der Waals surface area contributed by atoms with Crippen LogP contribution >= 0.6 is 23.5 Å². The molecule has 0 aromatic heterocycles. The zero-order valence-corrected chi connectivity index (χ0v) is 20.2. The van der Waals surface area contributed by atoms with Crippen LogP contribution in [0.3, 0.4) is 0 Å². The fraction of sp³-hybridized carbons (Fsp3) is 0.269. The van der Waals surface area contributed by atoms with Crippen LogP contribution in [-0.2, 0) is 4.74 Å². The Kier molecular flexibility index (Phi) is 7.00. The first-order valence-corrected chi connectivity index (χ1v) is 13.0. The Bertz CT molecular complexity index is 1130. The minimum atomic E-state index is -0.198. The van der Waals surface area contributed by atoms with Crippen LogP contribution in [0.4, 0.5) is 0 Å². The van der Waals surface area contributed by atoms with Gasteiger partial charge in [0.15, 0.2) is 0 Å². The summed E-state index contributed by atoms with van der Waals surface area (Å²) in [4.78, 5) is 4.81. The van der Waals surface area contributed by atoms with Crippen LogP contribution in [0.5, 0.6) is 0 Å². The molecular formula is C26H27N3OS2. The summed E-state index contributed by atoms with van der Waals surface area (Å²) in [7, 11) is 0. The van der Waals surface area contributed by atoms with E-state index in [0.29, 0.717) is 5.57 Å². The third-order valence-electron chi connectivity index (χ3n) is 5.96. The molecule has 0 aliphatic carbocycles. The highest BCUT2D eigenvalue weighted by Gasteiger charge is 2.37. The molecule has 0 spiro atoms. The van der Waals surface area contributed by atoms with E-state index in [1.165, 1.54) is 9.79 Å². The maximum absolute atomic E-state index is 9.93. The lowest BCUT2D eigenvalue weighted by Gasteiger charge is -2.38. The Morgan fingerprint density at radius 3 is 2.25 bits per heavy atom. The number of benzene rings is 2. The fourth-order valence-corrected chi connectivity index (χ4v) is 5.06. The minimum absolute atomic E-state index is 0.198. The van der Waals surface area contributed by atoms with E-state index in [2.05, 4.69) is 85.0 Å². The Hall–Kier alpha value is -2.59. The van der Waals surface area contributed by atoms with Crippen LogP contribution in [0.2, 0.25) is 0 Å². The minimum Gasteiger partial charge on any atom is -0.440 e. The molecule has 2 aromatic carbocycles. The number of nitriles is 1. The molecule has 4 rings (SSSR count). The number of hydrogen-bond donors (Lipinski definition) is 1. The molecule has 0 saturated heterocycles. The quantitative estimate of drug-likeness (QED) is 0.584. The topological polar surface area (TPSA) is 62.3 Å². The lowest BCUT2D eigenvalue weighted by Crippen LogP contribution is -2.38. The Morgan fingerprint density at radius 2 is 1.69 bits per heavy atom. The summed E-state index contributed by atoms with van der Waals surface area (Å²) in [6.07, 6.45) is 6.32. The van der Waals surface area contributed by atoms with Crippen LogP contribution in [0.1, 0.15) is 24.0 Å². The van der Waals surface area contributed by atoms with Crippen molar-refractivity contribution in [1.29, 1.82) is 5.26 Å². The smallest absolute Gasteiger partial charge is 0.205 e. The molecule has 0 fully saturated rings. The lowest BCUT2D eigenvalue weighted by atomic mass is 9.80. The third kappa shape index (κ3) is 4.47. The number of nitrogens with zero attached hydrogens (tertiary/aromatic N) is 2. The summed E-state index contributed by atoms with van der Waals surface area (Å²) in [5.74, 6) is 0.828. The number of thioether (sulfide) groups is 2. The standard InChI is InChI=1S/C26H27N3OS2/c1-4-29-15-19(13-17-5-9-20(31-2)10-6-17)25-23(16-29)24(22(14-27)26(28)30-25)18-7-11-21(32-3)12-8-18/h5-13,24H,4,15-16,28H2,1-3H3/b19-13-. The van der Waals surface area contributed by atoms with Crippen molar-refractivity contribution in [2.45, 2.75) is 22.6 Å². The van der Waals surface area contributed by atoms with Crippen LogP contribution in [0.25, 0.3) is 6.08 Å². The molecule has 2 aliphatic heterocycles. The van der Waals surface area contributed by atoms with Gasteiger partial charge in [0.1, 0.15) is 17.4 Å². The zero-order valence-electron chi connectivity index (χ0n) is 18.6. The second-order valence-electron chi connectivity index (χ2n) is 7.80. The molecule has 0 amide bonds. The number of nitrogens with two attached hydrogens (primary N) is 1. The van der Waals surface area contributed by atoms with Gasteiger partial charge in [-0.1, -0.05) is 31.2 Å². The van der Waals surface area contributed by atoms with E-state index in [0.717, 1.165) is 47.7 Å². The van der Waals surface area contributed by atoms with Crippen molar-refractivity contribution in [2.24, 2.45) is 5.73 Å². The highest BCUT2D eigenvalue weighted by Crippen LogP contribution is 2.44. The van der Waals surface area contributed by atoms with Gasteiger partial charge >= 0.3 is 0 Å². The molecule has 32 heavy (non-hydrogen) atoms. The van der Waals surface area contributed by atoms with E-state index < -0.39 is 0 Å². The van der Waals surface area contributed by atoms with Gasteiger partial charge < -0.3 is 10.5 Å². The maximum Gasteiger partial charge on any atom is 0.205 e. The molecule has 2 N–H and O–H groups in total. The zero-order chi connectivity index (χ0) is 22.7. The van der Waals surface area contributed by atoms with Gasteiger partial charge in [-0.15, -0.1) is 23.5 Å². The van der Waals surface area contributed by atoms with Crippen molar-refractivity contribution in [1.82, 2.24) is 4.90 Å². The SMILES string of the molecule is CCN1CC2=C(OC(N)=C(C#N)C2c2ccc(SC)cc2)/C(=C\c2ccc(SC)cc2)C1. The van der Waals surface area contributed by atoms with Gasteiger partial charge in [0.25, 0.3) is 0 Å². The summed E-state index contributed by atoms with van der Waals surface area (Å²) in [6, 6.07) is 19.3. The molecule has 0 saturated carbocycles. The van der Waals surface area contributed by atoms with E-state index in [9.17, 15) is 5.26 Å². The molecular weight excluding hydrogens is 434 g/mol. The second-order valence-corrected chi connectivity index (χ2v) is 9.56. The normalized spacial score (nSPS) is 20.2. The molecule has 0 bridgehead atoms. The monoisotopic (exact) mass is 461 g/mol. The summed E-state index contributed by atoms with van der Waals surface area (Å²) in [5, 5.41) is 9.93. The average molecular weight is 462 g/mol. The molecule has 4 nitrogen and oxygen atoms in total. The van der Waals surface area contributed by atoms with Crippen molar-refractivity contribution in [3.05, 3.63) is 88.0 Å². The van der Waals surface area contributed by atoms with Crippen LogP contribution < -0.4 is 5.73 Å². The molecule has 2 heterocycles. The Labute approximate surface area is 198 Å². The number of likely N-dealkylation sites (N-methyl/N-ethyl adjacent to an activating group) is 1. The summed E-state index contributed by atoms with van der Waals surface area (Å²) >= 11 is 3.44. The maximum atomic E-state index is 9.93. The van der Waals surface area contributed by atoms with Crippen LogP contribution in [0.15, 0.2) is 86.7 Å².